The summed E-state index contributed by atoms with van der Waals surface area (Å²) in [5, 5.41) is 0.757. The molecule has 1 aromatic carbocycles. The summed E-state index contributed by atoms with van der Waals surface area (Å²) in [6.07, 6.45) is 3.14. The Labute approximate surface area is 186 Å². The van der Waals surface area contributed by atoms with E-state index < -0.39 is 5.69 Å². The molecule has 1 N–H and O–H groups in total. The summed E-state index contributed by atoms with van der Waals surface area (Å²) in [6, 6.07) is 7.97. The molecule has 0 amide bonds. The smallest absolute Gasteiger partial charge is 0.329 e. The van der Waals surface area contributed by atoms with E-state index >= 15 is 0 Å². The van der Waals surface area contributed by atoms with Gasteiger partial charge >= 0.3 is 5.69 Å². The fourth-order valence-corrected chi connectivity index (χ4v) is 4.41. The lowest BCUT2D eigenvalue weighted by molar-refractivity contribution is 0.248. The summed E-state index contributed by atoms with van der Waals surface area (Å²) >= 11 is 6.12. The Balaban J connectivity index is 1.58. The van der Waals surface area contributed by atoms with E-state index in [1.165, 1.54) is 10.1 Å². The summed E-state index contributed by atoms with van der Waals surface area (Å²) in [4.78, 5) is 36.5. The third kappa shape index (κ3) is 4.55. The van der Waals surface area contributed by atoms with Gasteiger partial charge in [0.25, 0.3) is 5.56 Å². The predicted molar refractivity (Wildman–Crippen MR) is 124 cm³/mol. The van der Waals surface area contributed by atoms with Crippen molar-refractivity contribution in [2.24, 2.45) is 7.05 Å². The summed E-state index contributed by atoms with van der Waals surface area (Å²) < 4.78 is 3.42. The second-order valence-electron chi connectivity index (χ2n) is 8.15. The highest BCUT2D eigenvalue weighted by molar-refractivity contribution is 6.30. The van der Waals surface area contributed by atoms with Gasteiger partial charge in [-0.15, -0.1) is 0 Å². The van der Waals surface area contributed by atoms with Gasteiger partial charge in [0.1, 0.15) is 0 Å². The molecule has 0 unspecified atom stereocenters. The number of nitrogens with one attached hydrogen (secondary N) is 1. The molecule has 3 heterocycles. The van der Waals surface area contributed by atoms with Crippen LogP contribution in [0.3, 0.4) is 0 Å². The number of aromatic amines is 1. The average Bonchev–Trinajstić information content (AvgIpc) is 3.13. The highest BCUT2D eigenvalue weighted by Crippen LogP contribution is 2.22. The van der Waals surface area contributed by atoms with Crippen molar-refractivity contribution in [1.29, 1.82) is 0 Å². The number of imidazole rings is 1. The van der Waals surface area contributed by atoms with Gasteiger partial charge < -0.3 is 9.47 Å². The summed E-state index contributed by atoms with van der Waals surface area (Å²) in [5.74, 6) is 0.778. The second kappa shape index (κ2) is 9.28. The normalized spacial score (nSPS) is 15.1. The van der Waals surface area contributed by atoms with Crippen molar-refractivity contribution in [3.63, 3.8) is 0 Å². The molecule has 1 saturated heterocycles. The Morgan fingerprint density at radius 2 is 1.90 bits per heavy atom. The van der Waals surface area contributed by atoms with Crippen LogP contribution in [-0.2, 0) is 20.1 Å². The fourth-order valence-electron chi connectivity index (χ4n) is 4.20. The van der Waals surface area contributed by atoms with Crippen molar-refractivity contribution in [2.75, 3.05) is 31.1 Å². The van der Waals surface area contributed by atoms with Crippen LogP contribution in [0.25, 0.3) is 11.2 Å². The third-order valence-corrected chi connectivity index (χ3v) is 6.16. The number of halogens is 1. The maximum Gasteiger partial charge on any atom is 0.329 e. The van der Waals surface area contributed by atoms with Crippen molar-refractivity contribution in [1.82, 2.24) is 24.0 Å². The lowest BCUT2D eigenvalue weighted by atomic mass is 10.2. The first kappa shape index (κ1) is 21.6. The van der Waals surface area contributed by atoms with Crippen LogP contribution in [-0.4, -0.2) is 50.2 Å². The number of rotatable bonds is 7. The maximum atomic E-state index is 12.6. The van der Waals surface area contributed by atoms with E-state index in [9.17, 15) is 9.59 Å². The largest absolute Gasteiger partial charge is 0.340 e. The molecule has 0 atom stereocenters. The van der Waals surface area contributed by atoms with E-state index in [1.54, 1.807) is 7.05 Å². The number of hydrogen-bond acceptors (Lipinski definition) is 5. The Hall–Kier alpha value is -2.58. The molecule has 8 nitrogen and oxygen atoms in total. The number of unbranched alkanes of at least 4 members (excludes halogenated alkanes) is 2. The zero-order valence-electron chi connectivity index (χ0n) is 18.1. The molecular weight excluding hydrogens is 416 g/mol. The topological polar surface area (TPSA) is 79.2 Å². The minimum atomic E-state index is -0.436. The minimum absolute atomic E-state index is 0.368. The summed E-state index contributed by atoms with van der Waals surface area (Å²) in [5.41, 5.74) is 1.33. The number of anilines is 1. The molecular formula is C22H29ClN6O2. The van der Waals surface area contributed by atoms with Gasteiger partial charge in [-0.3, -0.25) is 19.2 Å². The lowest BCUT2D eigenvalue weighted by Gasteiger charge is -2.35. The first-order valence-electron chi connectivity index (χ1n) is 10.9. The molecule has 1 aliphatic rings. The fraction of sp³-hybridized carbons (Fsp3) is 0.500. The highest BCUT2D eigenvalue weighted by Gasteiger charge is 2.24. The van der Waals surface area contributed by atoms with Crippen LogP contribution in [0.1, 0.15) is 31.7 Å². The van der Waals surface area contributed by atoms with Gasteiger partial charge in [-0.2, -0.15) is 4.98 Å². The van der Waals surface area contributed by atoms with Crippen LogP contribution in [0.2, 0.25) is 5.02 Å². The molecule has 0 spiro atoms. The van der Waals surface area contributed by atoms with E-state index in [0.29, 0.717) is 17.7 Å². The van der Waals surface area contributed by atoms with E-state index in [2.05, 4.69) is 27.8 Å². The number of aryl methyl sites for hydroxylation is 2. The van der Waals surface area contributed by atoms with Gasteiger partial charge in [0, 0.05) is 51.3 Å². The first-order chi connectivity index (χ1) is 15.0. The quantitative estimate of drug-likeness (QED) is 0.566. The molecule has 0 saturated carbocycles. The Bertz CT molecular complexity index is 1170. The number of nitrogens with zero attached hydrogens (tertiary/aromatic N) is 5. The molecule has 1 aliphatic heterocycles. The van der Waals surface area contributed by atoms with Gasteiger partial charge in [-0.25, -0.2) is 4.79 Å². The average molecular weight is 445 g/mol. The molecule has 31 heavy (non-hydrogen) atoms. The van der Waals surface area contributed by atoms with Gasteiger partial charge in [0.05, 0.1) is 0 Å². The van der Waals surface area contributed by atoms with E-state index in [4.69, 9.17) is 16.6 Å². The maximum absolute atomic E-state index is 12.6. The molecule has 0 bridgehead atoms. The molecule has 166 valence electrons. The third-order valence-electron chi connectivity index (χ3n) is 5.92. The molecule has 0 radical (unpaired) electrons. The molecule has 4 rings (SSSR count). The first-order valence-corrected chi connectivity index (χ1v) is 11.3. The van der Waals surface area contributed by atoms with Gasteiger partial charge in [0.15, 0.2) is 11.2 Å². The van der Waals surface area contributed by atoms with E-state index in [-0.39, 0.29) is 5.56 Å². The predicted octanol–water partition coefficient (Wildman–Crippen LogP) is 2.59. The zero-order chi connectivity index (χ0) is 22.0. The van der Waals surface area contributed by atoms with Crippen LogP contribution in [0.4, 0.5) is 5.95 Å². The van der Waals surface area contributed by atoms with Crippen molar-refractivity contribution in [3.8, 4) is 0 Å². The molecule has 0 aliphatic carbocycles. The number of benzene rings is 1. The SMILES string of the molecule is CCCCCn1c(N2CCN(Cc3cccc(Cl)c3)CC2)nc2c1c(=O)[nH]c(=O)n2C. The van der Waals surface area contributed by atoms with Crippen molar-refractivity contribution in [3.05, 3.63) is 55.7 Å². The zero-order valence-corrected chi connectivity index (χ0v) is 18.9. The molecule has 2 aromatic heterocycles. The molecule has 1 fully saturated rings. The van der Waals surface area contributed by atoms with Crippen molar-refractivity contribution >= 4 is 28.7 Å². The highest BCUT2D eigenvalue weighted by atomic mass is 35.5. The number of H-pyrrole nitrogens is 1. The standard InChI is InChI=1S/C22H29ClN6O2/c1-3-4-5-9-29-18-19(26(2)22(31)25-20(18)30)24-21(29)28-12-10-27(11-13-28)15-16-7-6-8-17(23)14-16/h6-8,14H,3-5,9-13,15H2,1-2H3,(H,25,30,31). The Morgan fingerprint density at radius 1 is 1.13 bits per heavy atom. The number of piperazine rings is 1. The number of hydrogen-bond donors (Lipinski definition) is 1. The summed E-state index contributed by atoms with van der Waals surface area (Å²) in [6.45, 7) is 7.12. The van der Waals surface area contributed by atoms with Gasteiger partial charge in [0.2, 0.25) is 5.95 Å². The van der Waals surface area contributed by atoms with Crippen LogP contribution in [0.5, 0.6) is 0 Å². The van der Waals surface area contributed by atoms with E-state index in [1.807, 2.05) is 22.8 Å². The Morgan fingerprint density at radius 3 is 2.61 bits per heavy atom. The summed E-state index contributed by atoms with van der Waals surface area (Å²) in [7, 11) is 1.65. The van der Waals surface area contributed by atoms with Crippen LogP contribution in [0, 0.1) is 0 Å². The van der Waals surface area contributed by atoms with Crippen molar-refractivity contribution < 1.29 is 0 Å². The monoisotopic (exact) mass is 444 g/mol. The van der Waals surface area contributed by atoms with Crippen LogP contribution >= 0.6 is 11.6 Å². The molecule has 3 aromatic rings. The van der Waals surface area contributed by atoms with Gasteiger partial charge in [-0.1, -0.05) is 43.5 Å². The lowest BCUT2D eigenvalue weighted by Crippen LogP contribution is -2.46. The van der Waals surface area contributed by atoms with Gasteiger partial charge in [-0.05, 0) is 24.1 Å². The second-order valence-corrected chi connectivity index (χ2v) is 8.59. The minimum Gasteiger partial charge on any atom is -0.340 e. The number of fused-ring (bicyclic) bond motifs is 1. The Kier molecular flexibility index (Phi) is 6.48. The molecule has 9 heteroatoms. The number of aromatic nitrogens is 4. The van der Waals surface area contributed by atoms with Crippen LogP contribution in [0.15, 0.2) is 33.9 Å². The van der Waals surface area contributed by atoms with Crippen molar-refractivity contribution in [2.45, 2.75) is 39.3 Å². The van der Waals surface area contributed by atoms with E-state index in [0.717, 1.165) is 63.0 Å². The van der Waals surface area contributed by atoms with Crippen LogP contribution < -0.4 is 16.1 Å².